The van der Waals surface area contributed by atoms with Gasteiger partial charge < -0.3 is 10.2 Å². The van der Waals surface area contributed by atoms with Crippen LogP contribution in [0, 0.1) is 0 Å². The van der Waals surface area contributed by atoms with Crippen molar-refractivity contribution in [3.63, 3.8) is 0 Å². The molecule has 0 radical (unpaired) electrons. The van der Waals surface area contributed by atoms with E-state index in [1.165, 1.54) is 0 Å². The van der Waals surface area contributed by atoms with Crippen molar-refractivity contribution in [2.75, 3.05) is 25.4 Å². The third-order valence-corrected chi connectivity index (χ3v) is 3.21. The summed E-state index contributed by atoms with van der Waals surface area (Å²) in [6.07, 6.45) is 2.09. The fourth-order valence-electron chi connectivity index (χ4n) is 1.56. The average molecular weight is 270 g/mol. The second-order valence-corrected chi connectivity index (χ2v) is 5.04. The van der Waals surface area contributed by atoms with Gasteiger partial charge in [0.05, 0.1) is 6.54 Å². The van der Waals surface area contributed by atoms with E-state index in [0.717, 1.165) is 12.8 Å². The number of nitrogens with one attached hydrogen (secondary N) is 1. The fraction of sp³-hybridized carbons (Fsp3) is 0.900. The number of rotatable bonds is 7. The minimum atomic E-state index is -4.19. The highest BCUT2D eigenvalue weighted by atomic mass is 32.2. The van der Waals surface area contributed by atoms with Crippen LogP contribution >= 0.6 is 11.8 Å². The zero-order chi connectivity index (χ0) is 12.9. The summed E-state index contributed by atoms with van der Waals surface area (Å²) in [5.74, 6) is -0.0844. The second-order valence-electron chi connectivity index (χ2n) is 3.88. The summed E-state index contributed by atoms with van der Waals surface area (Å²) in [5, 5.41) is 2.74. The molecule has 0 aromatic rings. The first-order chi connectivity index (χ1) is 7.94. The number of carbonyl (C=O) groups excluding carboxylic acids is 1. The smallest absolute Gasteiger partial charge is 0.339 e. The van der Waals surface area contributed by atoms with Crippen LogP contribution in [0.3, 0.4) is 0 Å². The van der Waals surface area contributed by atoms with Crippen molar-refractivity contribution >= 4 is 17.7 Å². The predicted octanol–water partition coefficient (Wildman–Crippen LogP) is 1.84. The van der Waals surface area contributed by atoms with E-state index in [1.54, 1.807) is 4.90 Å². The number of amides is 1. The van der Waals surface area contributed by atoms with E-state index in [1.807, 2.05) is 6.92 Å². The van der Waals surface area contributed by atoms with Gasteiger partial charge in [-0.05, 0) is 31.5 Å². The van der Waals surface area contributed by atoms with E-state index in [0.29, 0.717) is 12.6 Å². The Morgan fingerprint density at radius 1 is 1.47 bits per heavy atom. The number of carbonyl (C=O) groups is 1. The monoisotopic (exact) mass is 270 g/mol. The first kappa shape index (κ1) is 14.6. The van der Waals surface area contributed by atoms with E-state index in [2.05, 4.69) is 5.32 Å². The molecule has 0 aromatic heterocycles. The lowest BCUT2D eigenvalue weighted by atomic mass is 10.4. The Kier molecular flexibility index (Phi) is 5.58. The van der Waals surface area contributed by atoms with Crippen LogP contribution in [0.5, 0.6) is 0 Å². The fourth-order valence-corrected chi connectivity index (χ4v) is 2.04. The molecule has 1 aliphatic rings. The van der Waals surface area contributed by atoms with Gasteiger partial charge >= 0.3 is 5.51 Å². The molecular formula is C10H17F3N2OS. The molecular weight excluding hydrogens is 253 g/mol. The Hall–Kier alpha value is -0.430. The summed E-state index contributed by atoms with van der Waals surface area (Å²) >= 11 is -0.0694. The van der Waals surface area contributed by atoms with Crippen molar-refractivity contribution in [2.45, 2.75) is 31.3 Å². The summed E-state index contributed by atoms with van der Waals surface area (Å²) in [4.78, 5) is 13.4. The SMILES string of the molecule is CCN(C(=O)CNCCSC(F)(F)F)C1CC1. The standard InChI is InChI=1S/C10H17F3N2OS/c1-2-15(8-3-4-8)9(16)7-14-5-6-17-10(11,12)13/h8,14H,2-7H2,1H3. The summed E-state index contributed by atoms with van der Waals surface area (Å²) in [6, 6.07) is 0.360. The van der Waals surface area contributed by atoms with Crippen LogP contribution in [0.15, 0.2) is 0 Å². The summed E-state index contributed by atoms with van der Waals surface area (Å²) < 4.78 is 35.4. The van der Waals surface area contributed by atoms with Crippen molar-refractivity contribution in [3.05, 3.63) is 0 Å². The molecule has 100 valence electrons. The van der Waals surface area contributed by atoms with Gasteiger partial charge in [-0.1, -0.05) is 0 Å². The molecule has 1 N–H and O–H groups in total. The van der Waals surface area contributed by atoms with Gasteiger partial charge in [0, 0.05) is 24.9 Å². The molecule has 0 aromatic carbocycles. The molecule has 0 unspecified atom stereocenters. The van der Waals surface area contributed by atoms with E-state index in [9.17, 15) is 18.0 Å². The van der Waals surface area contributed by atoms with Gasteiger partial charge in [-0.15, -0.1) is 0 Å². The number of likely N-dealkylation sites (N-methyl/N-ethyl adjacent to an activating group) is 1. The quantitative estimate of drug-likeness (QED) is 0.716. The first-order valence-corrected chi connectivity index (χ1v) is 6.63. The van der Waals surface area contributed by atoms with Crippen molar-refractivity contribution in [2.24, 2.45) is 0 Å². The number of hydrogen-bond acceptors (Lipinski definition) is 3. The van der Waals surface area contributed by atoms with Crippen molar-refractivity contribution in [1.29, 1.82) is 0 Å². The highest BCUT2D eigenvalue weighted by Crippen LogP contribution is 2.29. The Labute approximate surface area is 103 Å². The molecule has 1 rings (SSSR count). The van der Waals surface area contributed by atoms with Crippen LogP contribution in [-0.4, -0.2) is 47.7 Å². The Morgan fingerprint density at radius 3 is 2.59 bits per heavy atom. The third-order valence-electron chi connectivity index (χ3n) is 2.47. The van der Waals surface area contributed by atoms with Crippen molar-refractivity contribution in [3.8, 4) is 0 Å². The number of halogens is 3. The van der Waals surface area contributed by atoms with Gasteiger partial charge in [0.15, 0.2) is 0 Å². The van der Waals surface area contributed by atoms with Gasteiger partial charge in [-0.3, -0.25) is 4.79 Å². The highest BCUT2D eigenvalue weighted by molar-refractivity contribution is 8.00. The van der Waals surface area contributed by atoms with Gasteiger partial charge in [-0.2, -0.15) is 13.2 Å². The third kappa shape index (κ3) is 6.16. The summed E-state index contributed by atoms with van der Waals surface area (Å²) in [5.41, 5.74) is -4.19. The molecule has 0 spiro atoms. The van der Waals surface area contributed by atoms with Crippen LogP contribution in [0.1, 0.15) is 19.8 Å². The molecule has 0 saturated heterocycles. The number of thioether (sulfide) groups is 1. The molecule has 1 saturated carbocycles. The molecule has 0 aliphatic heterocycles. The maximum absolute atomic E-state index is 11.8. The normalized spacial score (nSPS) is 16.0. The van der Waals surface area contributed by atoms with E-state index in [-0.39, 0.29) is 36.5 Å². The largest absolute Gasteiger partial charge is 0.441 e. The average Bonchev–Trinajstić information content (AvgIpc) is 3.01. The minimum Gasteiger partial charge on any atom is -0.339 e. The maximum Gasteiger partial charge on any atom is 0.441 e. The molecule has 1 fully saturated rings. The van der Waals surface area contributed by atoms with E-state index in [4.69, 9.17) is 0 Å². The lowest BCUT2D eigenvalue weighted by Crippen LogP contribution is -2.40. The molecule has 7 heteroatoms. The van der Waals surface area contributed by atoms with E-state index < -0.39 is 5.51 Å². The molecule has 3 nitrogen and oxygen atoms in total. The molecule has 0 bridgehead atoms. The van der Waals surface area contributed by atoms with Gasteiger partial charge in [-0.25, -0.2) is 0 Å². The summed E-state index contributed by atoms with van der Waals surface area (Å²) in [7, 11) is 0. The molecule has 0 atom stereocenters. The Morgan fingerprint density at radius 2 is 2.12 bits per heavy atom. The molecule has 1 amide bonds. The van der Waals surface area contributed by atoms with Crippen LogP contribution in [0.2, 0.25) is 0 Å². The van der Waals surface area contributed by atoms with E-state index >= 15 is 0 Å². The van der Waals surface area contributed by atoms with Gasteiger partial charge in [0.2, 0.25) is 5.91 Å². The number of hydrogen-bond donors (Lipinski definition) is 1. The molecule has 1 aliphatic carbocycles. The van der Waals surface area contributed by atoms with Crippen molar-refractivity contribution in [1.82, 2.24) is 10.2 Å². The second kappa shape index (κ2) is 6.49. The maximum atomic E-state index is 11.8. The Bertz CT molecular complexity index is 256. The molecule has 0 heterocycles. The number of alkyl halides is 3. The zero-order valence-corrected chi connectivity index (χ0v) is 10.5. The predicted molar refractivity (Wildman–Crippen MR) is 61.8 cm³/mol. The number of nitrogens with zero attached hydrogens (tertiary/aromatic N) is 1. The lowest BCUT2D eigenvalue weighted by Gasteiger charge is -2.20. The highest BCUT2D eigenvalue weighted by Gasteiger charge is 2.31. The first-order valence-electron chi connectivity index (χ1n) is 5.65. The lowest BCUT2D eigenvalue weighted by molar-refractivity contribution is -0.130. The van der Waals surface area contributed by atoms with Crippen LogP contribution < -0.4 is 5.32 Å². The van der Waals surface area contributed by atoms with Crippen LogP contribution in [0.25, 0.3) is 0 Å². The van der Waals surface area contributed by atoms with Gasteiger partial charge in [0.1, 0.15) is 0 Å². The van der Waals surface area contributed by atoms with Gasteiger partial charge in [0.25, 0.3) is 0 Å². The Balaban J connectivity index is 2.07. The topological polar surface area (TPSA) is 32.3 Å². The van der Waals surface area contributed by atoms with Crippen molar-refractivity contribution < 1.29 is 18.0 Å². The minimum absolute atomic E-state index is 0.0213. The zero-order valence-electron chi connectivity index (χ0n) is 9.72. The molecule has 17 heavy (non-hydrogen) atoms. The van der Waals surface area contributed by atoms with Crippen LogP contribution in [-0.2, 0) is 4.79 Å². The summed E-state index contributed by atoms with van der Waals surface area (Å²) in [6.45, 7) is 2.90. The van der Waals surface area contributed by atoms with Crippen LogP contribution in [0.4, 0.5) is 13.2 Å².